The van der Waals surface area contributed by atoms with Gasteiger partial charge in [0.25, 0.3) is 0 Å². The van der Waals surface area contributed by atoms with Crippen LogP contribution in [0.5, 0.6) is 0 Å². The zero-order chi connectivity index (χ0) is 13.9. The first kappa shape index (κ1) is 12.4. The van der Waals surface area contributed by atoms with Crippen molar-refractivity contribution < 1.29 is 19.4 Å². The van der Waals surface area contributed by atoms with Gasteiger partial charge in [0.2, 0.25) is 5.91 Å². The fourth-order valence-electron chi connectivity index (χ4n) is 4.59. The Bertz CT molecular complexity index is 488. The molecule has 7 atom stereocenters. The third-order valence-electron chi connectivity index (χ3n) is 5.48. The number of rotatable bonds is 3. The summed E-state index contributed by atoms with van der Waals surface area (Å²) in [4.78, 5) is 24.0. The number of ether oxygens (including phenoxy) is 1. The monoisotopic (exact) mass is 277 g/mol. The van der Waals surface area contributed by atoms with E-state index < -0.39 is 17.8 Å². The van der Waals surface area contributed by atoms with Crippen LogP contribution >= 0.6 is 0 Å². The molecule has 4 bridgehead atoms. The maximum absolute atomic E-state index is 12.5. The number of carbonyl (C=O) groups excluding carboxylic acids is 1. The van der Waals surface area contributed by atoms with Crippen LogP contribution in [0.1, 0.15) is 25.7 Å². The topological polar surface area (TPSA) is 75.6 Å². The van der Waals surface area contributed by atoms with Crippen LogP contribution in [0.25, 0.3) is 0 Å². The van der Waals surface area contributed by atoms with Gasteiger partial charge in [-0.3, -0.25) is 9.59 Å². The van der Waals surface area contributed by atoms with Gasteiger partial charge in [-0.1, -0.05) is 12.2 Å². The first-order valence-corrected chi connectivity index (χ1v) is 7.50. The van der Waals surface area contributed by atoms with Gasteiger partial charge in [-0.25, -0.2) is 0 Å². The molecule has 108 valence electrons. The van der Waals surface area contributed by atoms with Crippen molar-refractivity contribution in [1.82, 2.24) is 5.32 Å². The molecule has 1 amide bonds. The fraction of sp³-hybridized carbons (Fsp3) is 0.733. The van der Waals surface area contributed by atoms with E-state index in [-0.39, 0.29) is 29.9 Å². The lowest BCUT2D eigenvalue weighted by molar-refractivity contribution is -0.148. The van der Waals surface area contributed by atoms with Crippen LogP contribution in [0.4, 0.5) is 0 Å². The summed E-state index contributed by atoms with van der Waals surface area (Å²) in [5.41, 5.74) is 0. The fourth-order valence-corrected chi connectivity index (χ4v) is 4.59. The van der Waals surface area contributed by atoms with Crippen molar-refractivity contribution in [3.05, 3.63) is 12.2 Å². The van der Waals surface area contributed by atoms with Crippen molar-refractivity contribution in [2.45, 2.75) is 43.9 Å². The van der Waals surface area contributed by atoms with Crippen molar-refractivity contribution in [2.24, 2.45) is 23.7 Å². The summed E-state index contributed by atoms with van der Waals surface area (Å²) in [6.07, 6.45) is 8.20. The Hall–Kier alpha value is -1.36. The minimum absolute atomic E-state index is 0.0320. The summed E-state index contributed by atoms with van der Waals surface area (Å²) >= 11 is 0. The van der Waals surface area contributed by atoms with Crippen LogP contribution in [-0.4, -0.2) is 35.2 Å². The Balaban J connectivity index is 1.48. The van der Waals surface area contributed by atoms with Crippen LogP contribution in [0.3, 0.4) is 0 Å². The predicted octanol–water partition coefficient (Wildman–Crippen LogP) is 0.945. The average molecular weight is 277 g/mol. The van der Waals surface area contributed by atoms with Crippen LogP contribution < -0.4 is 5.32 Å². The first-order valence-electron chi connectivity index (χ1n) is 7.50. The number of allylic oxidation sites excluding steroid dienone is 2. The van der Waals surface area contributed by atoms with E-state index in [0.717, 1.165) is 25.7 Å². The molecule has 2 aliphatic carbocycles. The second kappa shape index (κ2) is 4.32. The minimum atomic E-state index is -0.841. The Kier molecular flexibility index (Phi) is 2.67. The molecule has 0 aromatic heterocycles. The summed E-state index contributed by atoms with van der Waals surface area (Å²) in [6.45, 7) is 0. The van der Waals surface area contributed by atoms with Crippen molar-refractivity contribution in [2.75, 3.05) is 0 Å². The zero-order valence-electron chi connectivity index (χ0n) is 11.2. The molecule has 0 spiro atoms. The first-order chi connectivity index (χ1) is 9.63. The van der Waals surface area contributed by atoms with E-state index >= 15 is 0 Å². The van der Waals surface area contributed by atoms with E-state index in [1.54, 1.807) is 0 Å². The van der Waals surface area contributed by atoms with Gasteiger partial charge in [0.15, 0.2) is 0 Å². The normalized spacial score (nSPS) is 47.9. The largest absolute Gasteiger partial charge is 0.481 e. The lowest BCUT2D eigenvalue weighted by atomic mass is 9.82. The molecule has 2 heterocycles. The Morgan fingerprint density at radius 3 is 2.45 bits per heavy atom. The number of carboxylic acid groups (broad SMARTS) is 1. The highest BCUT2D eigenvalue weighted by molar-refractivity contribution is 5.87. The molecule has 5 heteroatoms. The van der Waals surface area contributed by atoms with Crippen LogP contribution in [0.2, 0.25) is 0 Å². The molecule has 20 heavy (non-hydrogen) atoms. The van der Waals surface area contributed by atoms with Gasteiger partial charge in [0.1, 0.15) is 0 Å². The third kappa shape index (κ3) is 1.72. The van der Waals surface area contributed by atoms with Gasteiger partial charge in [-0.05, 0) is 37.5 Å². The SMILES string of the molecule is O=C(O)C1C2C=CC(C2)C1C(=O)NC1CC2CCC1O2. The van der Waals surface area contributed by atoms with Crippen LogP contribution in [-0.2, 0) is 14.3 Å². The summed E-state index contributed by atoms with van der Waals surface area (Å²) in [7, 11) is 0. The van der Waals surface area contributed by atoms with E-state index in [1.165, 1.54) is 0 Å². The molecule has 2 aliphatic heterocycles. The number of aliphatic carboxylic acids is 1. The summed E-state index contributed by atoms with van der Waals surface area (Å²) < 4.78 is 5.74. The molecular weight excluding hydrogens is 258 g/mol. The second-order valence-electron chi connectivity index (χ2n) is 6.56. The summed E-state index contributed by atoms with van der Waals surface area (Å²) in [5, 5.41) is 12.4. The average Bonchev–Trinajstić information content (AvgIpc) is 3.16. The van der Waals surface area contributed by atoms with Gasteiger partial charge in [-0.15, -0.1) is 0 Å². The highest BCUT2D eigenvalue weighted by Gasteiger charge is 2.52. The van der Waals surface area contributed by atoms with E-state index in [2.05, 4.69) is 5.32 Å². The Labute approximate surface area is 117 Å². The molecule has 3 fully saturated rings. The van der Waals surface area contributed by atoms with E-state index in [4.69, 9.17) is 4.74 Å². The number of fused-ring (bicyclic) bond motifs is 4. The van der Waals surface area contributed by atoms with Gasteiger partial charge in [-0.2, -0.15) is 0 Å². The van der Waals surface area contributed by atoms with E-state index in [0.29, 0.717) is 6.10 Å². The molecule has 2 N–H and O–H groups in total. The number of carbonyl (C=O) groups is 2. The van der Waals surface area contributed by atoms with E-state index in [1.807, 2.05) is 12.2 Å². The molecule has 0 aromatic carbocycles. The molecule has 0 radical (unpaired) electrons. The molecule has 4 aliphatic rings. The molecular formula is C15H19NO4. The van der Waals surface area contributed by atoms with Crippen molar-refractivity contribution in [1.29, 1.82) is 0 Å². The van der Waals surface area contributed by atoms with Crippen molar-refractivity contribution in [3.8, 4) is 0 Å². The molecule has 2 saturated heterocycles. The number of amides is 1. The van der Waals surface area contributed by atoms with Gasteiger partial charge >= 0.3 is 5.97 Å². The summed E-state index contributed by atoms with van der Waals surface area (Å²) in [5.74, 6) is -1.75. The van der Waals surface area contributed by atoms with Gasteiger partial charge < -0.3 is 15.2 Å². The highest BCUT2D eigenvalue weighted by atomic mass is 16.5. The Morgan fingerprint density at radius 2 is 1.85 bits per heavy atom. The molecule has 4 rings (SSSR count). The molecule has 1 saturated carbocycles. The van der Waals surface area contributed by atoms with Crippen molar-refractivity contribution >= 4 is 11.9 Å². The van der Waals surface area contributed by atoms with Gasteiger partial charge in [0, 0.05) is 0 Å². The number of nitrogens with one attached hydrogen (secondary N) is 1. The van der Waals surface area contributed by atoms with Gasteiger partial charge in [0.05, 0.1) is 30.1 Å². The van der Waals surface area contributed by atoms with E-state index in [9.17, 15) is 14.7 Å². The second-order valence-corrected chi connectivity index (χ2v) is 6.56. The third-order valence-corrected chi connectivity index (χ3v) is 5.48. The quantitative estimate of drug-likeness (QED) is 0.753. The van der Waals surface area contributed by atoms with Crippen LogP contribution in [0.15, 0.2) is 12.2 Å². The maximum atomic E-state index is 12.5. The predicted molar refractivity (Wildman–Crippen MR) is 69.8 cm³/mol. The Morgan fingerprint density at radius 1 is 1.10 bits per heavy atom. The lowest BCUT2D eigenvalue weighted by Gasteiger charge is -2.27. The minimum Gasteiger partial charge on any atom is -0.481 e. The van der Waals surface area contributed by atoms with Crippen LogP contribution in [0, 0.1) is 23.7 Å². The maximum Gasteiger partial charge on any atom is 0.307 e. The lowest BCUT2D eigenvalue weighted by Crippen LogP contribution is -2.47. The number of carboxylic acids is 1. The molecule has 0 aromatic rings. The number of hydrogen-bond donors (Lipinski definition) is 2. The number of hydrogen-bond acceptors (Lipinski definition) is 3. The van der Waals surface area contributed by atoms with Crippen molar-refractivity contribution in [3.63, 3.8) is 0 Å². The molecule has 5 nitrogen and oxygen atoms in total. The smallest absolute Gasteiger partial charge is 0.307 e. The highest BCUT2D eigenvalue weighted by Crippen LogP contribution is 2.48. The summed E-state index contributed by atoms with van der Waals surface area (Å²) in [6, 6.07) is 0.0822. The zero-order valence-corrected chi connectivity index (χ0v) is 11.2. The molecule has 7 unspecified atom stereocenters. The standard InChI is InChI=1S/C15H19NO4/c17-14(16-10-6-9-3-4-11(10)20-9)12-7-1-2-8(5-7)13(12)15(18)19/h1-2,7-13H,3-6H2,(H,16,17)(H,18,19).